The lowest BCUT2D eigenvalue weighted by atomic mass is 10.1. The summed E-state index contributed by atoms with van der Waals surface area (Å²) in [5.41, 5.74) is 1.72. The van der Waals surface area contributed by atoms with Crippen molar-refractivity contribution in [2.24, 2.45) is 4.99 Å². The Morgan fingerprint density at radius 3 is 2.76 bits per heavy atom. The van der Waals surface area contributed by atoms with Crippen LogP contribution in [0.1, 0.15) is 23.0 Å². The lowest BCUT2D eigenvalue weighted by Crippen LogP contribution is -2.23. The second kappa shape index (κ2) is 8.96. The van der Waals surface area contributed by atoms with E-state index in [1.54, 1.807) is 54.8 Å². The number of hydrogen-bond acceptors (Lipinski definition) is 8. The molecule has 0 saturated carbocycles. The Bertz CT molecular complexity index is 1500. The van der Waals surface area contributed by atoms with Gasteiger partial charge in [-0.15, -0.1) is 0 Å². The SMILES string of the molecule is CCOC(=O)Cn1c(=NC(=O)c2c(-c3ccccc3Cl)noc2C)sc2cc3c(cc21)OCO3. The van der Waals surface area contributed by atoms with E-state index in [2.05, 4.69) is 10.1 Å². The average Bonchev–Trinajstić information content (AvgIpc) is 3.50. The number of esters is 1. The molecule has 1 aliphatic heterocycles. The van der Waals surface area contributed by atoms with Gasteiger partial charge in [-0.1, -0.05) is 46.3 Å². The minimum absolute atomic E-state index is 0.123. The molecule has 2 aromatic heterocycles. The van der Waals surface area contributed by atoms with Crippen molar-refractivity contribution in [2.75, 3.05) is 13.4 Å². The van der Waals surface area contributed by atoms with Crippen LogP contribution >= 0.6 is 22.9 Å². The number of ether oxygens (including phenoxy) is 3. The van der Waals surface area contributed by atoms with Crippen molar-refractivity contribution in [1.29, 1.82) is 0 Å². The molecule has 1 aliphatic rings. The molecule has 0 atom stereocenters. The van der Waals surface area contributed by atoms with Crippen molar-refractivity contribution >= 4 is 45.0 Å². The van der Waals surface area contributed by atoms with Crippen LogP contribution in [-0.4, -0.2) is 35.0 Å². The molecular weight excluding hydrogens is 482 g/mol. The third-order valence-electron chi connectivity index (χ3n) is 5.17. The van der Waals surface area contributed by atoms with E-state index >= 15 is 0 Å². The standard InChI is InChI=1S/C23H18ClN3O6S/c1-3-30-19(28)10-27-15-8-16-17(32-11-31-16)9-18(15)34-23(27)25-22(29)20-12(2)33-26-21(20)13-6-4-5-7-14(13)24/h4-9H,3,10-11H2,1-2H3. The van der Waals surface area contributed by atoms with Crippen molar-refractivity contribution in [1.82, 2.24) is 9.72 Å². The monoisotopic (exact) mass is 499 g/mol. The number of benzene rings is 2. The number of hydrogen-bond donors (Lipinski definition) is 0. The lowest BCUT2D eigenvalue weighted by Gasteiger charge is -2.06. The number of aromatic nitrogens is 2. The Hall–Kier alpha value is -3.63. The van der Waals surface area contributed by atoms with Crippen LogP contribution in [0.3, 0.4) is 0 Å². The van der Waals surface area contributed by atoms with Gasteiger partial charge in [-0.3, -0.25) is 9.59 Å². The summed E-state index contributed by atoms with van der Waals surface area (Å²) in [7, 11) is 0. The molecule has 2 aromatic carbocycles. The Labute approximate surface area is 202 Å². The van der Waals surface area contributed by atoms with Gasteiger partial charge in [0, 0.05) is 17.7 Å². The summed E-state index contributed by atoms with van der Waals surface area (Å²) in [6.07, 6.45) is 0. The van der Waals surface area contributed by atoms with Crippen molar-refractivity contribution in [2.45, 2.75) is 20.4 Å². The van der Waals surface area contributed by atoms with E-state index in [0.717, 1.165) is 4.70 Å². The summed E-state index contributed by atoms with van der Waals surface area (Å²) >= 11 is 7.56. The lowest BCUT2D eigenvalue weighted by molar-refractivity contribution is -0.143. The van der Waals surface area contributed by atoms with Crippen LogP contribution in [0, 0.1) is 6.92 Å². The summed E-state index contributed by atoms with van der Waals surface area (Å²) in [6, 6.07) is 10.6. The number of thiazole rings is 1. The number of nitrogens with zero attached hydrogens (tertiary/aromatic N) is 3. The van der Waals surface area contributed by atoms with Crippen LogP contribution in [0.5, 0.6) is 11.5 Å². The summed E-state index contributed by atoms with van der Waals surface area (Å²) in [5.74, 6) is 0.425. The molecule has 0 N–H and O–H groups in total. The second-order valence-electron chi connectivity index (χ2n) is 7.31. The van der Waals surface area contributed by atoms with Gasteiger partial charge < -0.3 is 23.3 Å². The molecule has 0 radical (unpaired) electrons. The molecule has 34 heavy (non-hydrogen) atoms. The normalized spacial score (nSPS) is 13.0. The minimum Gasteiger partial charge on any atom is -0.465 e. The van der Waals surface area contributed by atoms with Crippen LogP contribution < -0.4 is 14.3 Å². The van der Waals surface area contributed by atoms with E-state index in [-0.39, 0.29) is 25.5 Å². The molecule has 174 valence electrons. The van der Waals surface area contributed by atoms with Crippen molar-refractivity contribution in [3.05, 3.63) is 57.5 Å². The highest BCUT2D eigenvalue weighted by Crippen LogP contribution is 2.37. The molecule has 5 rings (SSSR count). The number of halogens is 1. The number of rotatable bonds is 5. The first kappa shape index (κ1) is 22.2. The maximum Gasteiger partial charge on any atom is 0.326 e. The fourth-order valence-electron chi connectivity index (χ4n) is 3.64. The molecule has 11 heteroatoms. The van der Waals surface area contributed by atoms with E-state index < -0.39 is 11.9 Å². The van der Waals surface area contributed by atoms with E-state index in [9.17, 15) is 9.59 Å². The maximum atomic E-state index is 13.4. The smallest absolute Gasteiger partial charge is 0.326 e. The molecule has 4 aromatic rings. The van der Waals surface area contributed by atoms with Crippen molar-refractivity contribution in [3.63, 3.8) is 0 Å². The van der Waals surface area contributed by atoms with Gasteiger partial charge in [0.2, 0.25) is 6.79 Å². The third-order valence-corrected chi connectivity index (χ3v) is 6.54. The second-order valence-corrected chi connectivity index (χ2v) is 8.72. The molecule has 3 heterocycles. The maximum absolute atomic E-state index is 13.4. The van der Waals surface area contributed by atoms with Gasteiger partial charge in [0.05, 0.1) is 21.8 Å². The van der Waals surface area contributed by atoms with Crippen LogP contribution in [0.15, 0.2) is 45.9 Å². The fraction of sp³-hybridized carbons (Fsp3) is 0.217. The number of fused-ring (bicyclic) bond motifs is 2. The summed E-state index contributed by atoms with van der Waals surface area (Å²) in [6.45, 7) is 3.59. The van der Waals surface area contributed by atoms with Gasteiger partial charge in [-0.05, 0) is 19.9 Å². The largest absolute Gasteiger partial charge is 0.465 e. The highest BCUT2D eigenvalue weighted by molar-refractivity contribution is 7.16. The minimum atomic E-state index is -0.571. The van der Waals surface area contributed by atoms with Gasteiger partial charge in [0.1, 0.15) is 23.6 Å². The van der Waals surface area contributed by atoms with Gasteiger partial charge in [-0.25, -0.2) is 0 Å². The molecule has 9 nitrogen and oxygen atoms in total. The van der Waals surface area contributed by atoms with E-state index in [0.29, 0.717) is 43.9 Å². The predicted molar refractivity (Wildman–Crippen MR) is 124 cm³/mol. The molecule has 0 spiro atoms. The van der Waals surface area contributed by atoms with Gasteiger partial charge >= 0.3 is 5.97 Å². The Morgan fingerprint density at radius 2 is 2.00 bits per heavy atom. The molecule has 0 aliphatic carbocycles. The number of amides is 1. The first-order valence-corrected chi connectivity index (χ1v) is 11.5. The Morgan fingerprint density at radius 1 is 1.24 bits per heavy atom. The van der Waals surface area contributed by atoms with Crippen molar-refractivity contribution < 1.29 is 28.3 Å². The van der Waals surface area contributed by atoms with Crippen LogP contribution in [0.25, 0.3) is 21.5 Å². The summed E-state index contributed by atoms with van der Waals surface area (Å²) in [5, 5.41) is 4.47. The zero-order chi connectivity index (χ0) is 23.8. The van der Waals surface area contributed by atoms with Crippen LogP contribution in [0.2, 0.25) is 5.02 Å². The van der Waals surface area contributed by atoms with Gasteiger partial charge in [0.15, 0.2) is 16.3 Å². The van der Waals surface area contributed by atoms with Crippen molar-refractivity contribution in [3.8, 4) is 22.8 Å². The van der Waals surface area contributed by atoms with E-state index in [1.807, 2.05) is 0 Å². The van der Waals surface area contributed by atoms with Gasteiger partial charge in [-0.2, -0.15) is 4.99 Å². The quantitative estimate of drug-likeness (QED) is 0.376. The van der Waals surface area contributed by atoms with Crippen LogP contribution in [-0.2, 0) is 16.1 Å². The zero-order valence-electron chi connectivity index (χ0n) is 18.2. The number of carbonyl (C=O) groups excluding carboxylic acids is 2. The number of aryl methyl sites for hydroxylation is 1. The summed E-state index contributed by atoms with van der Waals surface area (Å²) in [4.78, 5) is 30.3. The number of carbonyl (C=O) groups is 2. The highest BCUT2D eigenvalue weighted by Gasteiger charge is 2.24. The fourth-order valence-corrected chi connectivity index (χ4v) is 4.90. The predicted octanol–water partition coefficient (Wildman–Crippen LogP) is 4.35. The molecule has 0 bridgehead atoms. The first-order chi connectivity index (χ1) is 16.5. The molecule has 0 unspecified atom stereocenters. The highest BCUT2D eigenvalue weighted by atomic mass is 35.5. The molecule has 0 fully saturated rings. The van der Waals surface area contributed by atoms with Crippen LogP contribution in [0.4, 0.5) is 0 Å². The Balaban J connectivity index is 1.65. The van der Waals surface area contributed by atoms with E-state index in [1.165, 1.54) is 11.3 Å². The molecule has 1 amide bonds. The summed E-state index contributed by atoms with van der Waals surface area (Å²) < 4.78 is 23.8. The van der Waals surface area contributed by atoms with E-state index in [4.69, 9.17) is 30.3 Å². The first-order valence-electron chi connectivity index (χ1n) is 10.3. The molecule has 0 saturated heterocycles. The Kier molecular flexibility index (Phi) is 5.84. The third kappa shape index (κ3) is 3.95. The average molecular weight is 500 g/mol. The zero-order valence-corrected chi connectivity index (χ0v) is 19.7. The molecular formula is C23H18ClN3O6S. The topological polar surface area (TPSA) is 105 Å². The van der Waals surface area contributed by atoms with Gasteiger partial charge in [0.25, 0.3) is 5.91 Å².